The maximum Gasteiger partial charge on any atom is 0.355 e. The van der Waals surface area contributed by atoms with Gasteiger partial charge in [0.25, 0.3) is 10.0 Å². The first-order valence-corrected chi connectivity index (χ1v) is 9.33. The number of hydrogen-bond acceptors (Lipinski definition) is 8. The van der Waals surface area contributed by atoms with Crippen molar-refractivity contribution in [1.82, 2.24) is 9.97 Å². The van der Waals surface area contributed by atoms with Crippen LogP contribution in [0.25, 0.3) is 0 Å². The third kappa shape index (κ3) is 4.82. The Morgan fingerprint density at radius 1 is 1.14 bits per heavy atom. The summed E-state index contributed by atoms with van der Waals surface area (Å²) in [5, 5.41) is 10.7. The topological polar surface area (TPSA) is 120 Å². The highest BCUT2D eigenvalue weighted by Crippen LogP contribution is 2.33. The number of ether oxygens (including phenoxy) is 3. The predicted molar refractivity (Wildman–Crippen MR) is 94.9 cm³/mol. The van der Waals surface area contributed by atoms with Gasteiger partial charge in [-0.2, -0.15) is 18.7 Å². The number of aromatic nitrogens is 2. The molecule has 0 spiro atoms. The fourth-order valence-corrected chi connectivity index (χ4v) is 2.95. The zero-order valence-electron chi connectivity index (χ0n) is 15.2. The van der Waals surface area contributed by atoms with E-state index < -0.39 is 21.9 Å². The monoisotopic (exact) mass is 419 g/mol. The minimum absolute atomic E-state index is 0.0471. The van der Waals surface area contributed by atoms with Crippen molar-refractivity contribution in [2.24, 2.45) is 0 Å². The number of sulfonamides is 1. The lowest BCUT2D eigenvalue weighted by Gasteiger charge is -2.19. The standard InChI is InChI=1S/C16H19F2N3O6S/c1-25-8-9-5-4-6-10(13(9)21-28(23,24)16(17)18)14(22)15-19-11(26-2)7-12(20-15)27-3/h4-7,14,16,21-22H,8H2,1-3H3/t14-/m0/s1. The van der Waals surface area contributed by atoms with Gasteiger partial charge in [-0.15, -0.1) is 0 Å². The van der Waals surface area contributed by atoms with Gasteiger partial charge < -0.3 is 19.3 Å². The Labute approximate surface area is 160 Å². The van der Waals surface area contributed by atoms with E-state index in [1.807, 2.05) is 4.72 Å². The van der Waals surface area contributed by atoms with Crippen LogP contribution in [0.15, 0.2) is 24.3 Å². The van der Waals surface area contributed by atoms with Gasteiger partial charge in [-0.05, 0) is 0 Å². The number of methoxy groups -OCH3 is 3. The van der Waals surface area contributed by atoms with Crippen LogP contribution in [0.5, 0.6) is 11.8 Å². The molecule has 0 unspecified atom stereocenters. The highest BCUT2D eigenvalue weighted by Gasteiger charge is 2.28. The van der Waals surface area contributed by atoms with Crippen molar-refractivity contribution in [2.45, 2.75) is 18.5 Å². The number of anilines is 1. The van der Waals surface area contributed by atoms with Gasteiger partial charge in [-0.25, -0.2) is 8.42 Å². The summed E-state index contributed by atoms with van der Waals surface area (Å²) < 4.78 is 66.0. The molecule has 1 aromatic heterocycles. The predicted octanol–water partition coefficient (Wildman–Crippen LogP) is 1.69. The summed E-state index contributed by atoms with van der Waals surface area (Å²) >= 11 is 0. The van der Waals surface area contributed by atoms with Crippen molar-refractivity contribution in [1.29, 1.82) is 0 Å². The van der Waals surface area contributed by atoms with Crippen molar-refractivity contribution in [3.8, 4) is 11.8 Å². The molecular weight excluding hydrogens is 400 g/mol. The van der Waals surface area contributed by atoms with Crippen LogP contribution in [0.3, 0.4) is 0 Å². The third-order valence-corrected chi connectivity index (χ3v) is 4.57. The number of benzene rings is 1. The van der Waals surface area contributed by atoms with Crippen molar-refractivity contribution in [2.75, 3.05) is 26.1 Å². The molecule has 0 saturated carbocycles. The number of nitrogens with one attached hydrogen (secondary N) is 1. The van der Waals surface area contributed by atoms with E-state index in [-0.39, 0.29) is 41.0 Å². The van der Waals surface area contributed by atoms with E-state index in [1.165, 1.54) is 45.6 Å². The fourth-order valence-electron chi connectivity index (χ4n) is 2.33. The number of rotatable bonds is 9. The lowest BCUT2D eigenvalue weighted by molar-refractivity contribution is 0.184. The number of halogens is 2. The lowest BCUT2D eigenvalue weighted by Crippen LogP contribution is -2.23. The zero-order chi connectivity index (χ0) is 20.9. The van der Waals surface area contributed by atoms with Crippen molar-refractivity contribution < 1.29 is 36.5 Å². The molecular formula is C16H19F2N3O6S. The summed E-state index contributed by atoms with van der Waals surface area (Å²) in [7, 11) is -0.951. The summed E-state index contributed by atoms with van der Waals surface area (Å²) in [5.41, 5.74) is -0.0604. The SMILES string of the molecule is COCc1cccc([C@H](O)c2nc(OC)cc(OC)n2)c1NS(=O)(=O)C(F)F. The average molecular weight is 419 g/mol. The maximum absolute atomic E-state index is 12.9. The molecule has 0 saturated heterocycles. The molecule has 2 rings (SSSR count). The molecule has 12 heteroatoms. The quantitative estimate of drug-likeness (QED) is 0.630. The molecule has 28 heavy (non-hydrogen) atoms. The molecule has 154 valence electrons. The van der Waals surface area contributed by atoms with Gasteiger partial charge in [-0.1, -0.05) is 18.2 Å². The van der Waals surface area contributed by atoms with Crippen LogP contribution in [0, 0.1) is 0 Å². The Morgan fingerprint density at radius 2 is 1.75 bits per heavy atom. The molecule has 0 amide bonds. The number of para-hydroxylation sites is 1. The summed E-state index contributed by atoms with van der Waals surface area (Å²) in [6.07, 6.45) is -1.57. The second-order valence-electron chi connectivity index (χ2n) is 5.44. The van der Waals surface area contributed by atoms with Gasteiger partial charge in [0, 0.05) is 18.2 Å². The molecule has 0 radical (unpaired) electrons. The van der Waals surface area contributed by atoms with Gasteiger partial charge in [0.2, 0.25) is 11.8 Å². The molecule has 2 aromatic rings. The molecule has 0 aliphatic carbocycles. The summed E-state index contributed by atoms with van der Waals surface area (Å²) in [6.45, 7) is -0.0933. The molecule has 1 atom stereocenters. The van der Waals surface area contributed by atoms with E-state index in [0.717, 1.165) is 0 Å². The Bertz CT molecular complexity index is 904. The first-order chi connectivity index (χ1) is 13.2. The molecule has 9 nitrogen and oxygen atoms in total. The van der Waals surface area contributed by atoms with Crippen LogP contribution in [-0.2, 0) is 21.4 Å². The summed E-state index contributed by atoms with van der Waals surface area (Å²) in [4.78, 5) is 8.01. The van der Waals surface area contributed by atoms with Gasteiger partial charge in [0.15, 0.2) is 5.82 Å². The van der Waals surface area contributed by atoms with Crippen LogP contribution < -0.4 is 14.2 Å². The molecule has 0 bridgehead atoms. The van der Waals surface area contributed by atoms with Crippen molar-refractivity contribution in [3.63, 3.8) is 0 Å². The number of aliphatic hydroxyl groups excluding tert-OH is 1. The zero-order valence-corrected chi connectivity index (χ0v) is 16.0. The fraction of sp³-hybridized carbons (Fsp3) is 0.375. The Hall–Kier alpha value is -2.57. The van der Waals surface area contributed by atoms with E-state index in [4.69, 9.17) is 14.2 Å². The minimum Gasteiger partial charge on any atom is -0.481 e. The average Bonchev–Trinajstić information content (AvgIpc) is 2.68. The lowest BCUT2D eigenvalue weighted by atomic mass is 10.0. The number of hydrogen-bond donors (Lipinski definition) is 2. The summed E-state index contributed by atoms with van der Waals surface area (Å²) in [5.74, 6) is -3.67. The smallest absolute Gasteiger partial charge is 0.355 e. The van der Waals surface area contributed by atoms with Gasteiger partial charge >= 0.3 is 5.76 Å². The van der Waals surface area contributed by atoms with Crippen LogP contribution >= 0.6 is 0 Å². The largest absolute Gasteiger partial charge is 0.481 e. The molecule has 0 fully saturated rings. The highest BCUT2D eigenvalue weighted by atomic mass is 32.2. The third-order valence-electron chi connectivity index (χ3n) is 3.62. The Balaban J connectivity index is 2.59. The van der Waals surface area contributed by atoms with Crippen LogP contribution in [0.4, 0.5) is 14.5 Å². The van der Waals surface area contributed by atoms with E-state index in [2.05, 4.69) is 9.97 Å². The van der Waals surface area contributed by atoms with E-state index >= 15 is 0 Å². The molecule has 2 N–H and O–H groups in total. The van der Waals surface area contributed by atoms with Crippen molar-refractivity contribution >= 4 is 15.7 Å². The van der Waals surface area contributed by atoms with Crippen LogP contribution in [0.1, 0.15) is 23.1 Å². The molecule has 1 heterocycles. The van der Waals surface area contributed by atoms with Crippen LogP contribution in [-0.4, -0.2) is 50.6 Å². The second kappa shape index (κ2) is 9.08. The molecule has 0 aliphatic heterocycles. The number of nitrogens with zero attached hydrogens (tertiary/aromatic N) is 2. The maximum atomic E-state index is 12.9. The van der Waals surface area contributed by atoms with Gasteiger partial charge in [0.1, 0.15) is 6.10 Å². The van der Waals surface area contributed by atoms with Crippen LogP contribution in [0.2, 0.25) is 0 Å². The Kier molecular flexibility index (Phi) is 7.05. The second-order valence-corrected chi connectivity index (χ2v) is 7.09. The number of aliphatic hydroxyl groups is 1. The summed E-state index contributed by atoms with van der Waals surface area (Å²) in [6, 6.07) is 5.70. The van der Waals surface area contributed by atoms with E-state index in [1.54, 1.807) is 0 Å². The first kappa shape index (κ1) is 21.7. The molecule has 0 aliphatic rings. The Morgan fingerprint density at radius 3 is 2.25 bits per heavy atom. The molecule has 1 aromatic carbocycles. The first-order valence-electron chi connectivity index (χ1n) is 7.79. The van der Waals surface area contributed by atoms with Gasteiger partial charge in [-0.3, -0.25) is 4.72 Å². The minimum atomic E-state index is -5.00. The number of alkyl halides is 2. The van der Waals surface area contributed by atoms with E-state index in [0.29, 0.717) is 0 Å². The van der Waals surface area contributed by atoms with Crippen molar-refractivity contribution in [3.05, 3.63) is 41.2 Å². The normalized spacial score (nSPS) is 12.7. The van der Waals surface area contributed by atoms with E-state index in [9.17, 15) is 22.3 Å². The van der Waals surface area contributed by atoms with Gasteiger partial charge in [0.05, 0.1) is 32.6 Å². The highest BCUT2D eigenvalue weighted by molar-refractivity contribution is 7.93.